The molecule has 0 fully saturated rings. The van der Waals surface area contributed by atoms with E-state index in [1.807, 2.05) is 37.9 Å². The summed E-state index contributed by atoms with van der Waals surface area (Å²) >= 11 is 0. The fourth-order valence-electron chi connectivity index (χ4n) is 3.02. The monoisotopic (exact) mass is 334 g/mol. The van der Waals surface area contributed by atoms with Crippen molar-refractivity contribution in [3.05, 3.63) is 48.0 Å². The van der Waals surface area contributed by atoms with E-state index in [2.05, 4.69) is 30.3 Å². The molecule has 0 heterocycles. The Bertz CT molecular complexity index is 644. The van der Waals surface area contributed by atoms with E-state index < -0.39 is 5.41 Å². The number of halogens is 1. The fourth-order valence-corrected chi connectivity index (χ4v) is 3.02. The van der Waals surface area contributed by atoms with Crippen molar-refractivity contribution in [1.29, 1.82) is 0 Å². The number of nitrogens with zero attached hydrogens (tertiary/aromatic N) is 1. The van der Waals surface area contributed by atoms with Crippen molar-refractivity contribution in [3.63, 3.8) is 0 Å². The molecule has 0 radical (unpaired) electrons. The summed E-state index contributed by atoms with van der Waals surface area (Å²) in [6, 6.07) is 14.6. The highest BCUT2D eigenvalue weighted by atomic mass is 35.5. The molecule has 0 saturated heterocycles. The molecule has 2 aromatic rings. The number of carbonyl (C=O) groups is 1. The van der Waals surface area contributed by atoms with Gasteiger partial charge in [0.2, 0.25) is 5.91 Å². The number of hydrogen-bond acceptors (Lipinski definition) is 2. The van der Waals surface area contributed by atoms with E-state index in [-0.39, 0.29) is 18.3 Å². The summed E-state index contributed by atoms with van der Waals surface area (Å²) in [5, 5.41) is 2.43. The minimum Gasteiger partial charge on any atom is -0.341 e. The van der Waals surface area contributed by atoms with Gasteiger partial charge in [-0.05, 0) is 35.2 Å². The van der Waals surface area contributed by atoms with Crippen LogP contribution in [0.5, 0.6) is 0 Å². The first-order chi connectivity index (χ1) is 10.6. The number of carbonyl (C=O) groups excluding carboxylic acids is 1. The molecular formula is C19H27ClN2O. The van der Waals surface area contributed by atoms with Gasteiger partial charge in [-0.1, -0.05) is 50.2 Å². The second-order valence-electron chi connectivity index (χ2n) is 6.03. The Morgan fingerprint density at radius 1 is 1.09 bits per heavy atom. The second kappa shape index (κ2) is 8.32. The fraction of sp³-hybridized carbons (Fsp3) is 0.421. The molecule has 23 heavy (non-hydrogen) atoms. The summed E-state index contributed by atoms with van der Waals surface area (Å²) in [5.74, 6) is 0.146. The molecule has 0 spiro atoms. The summed E-state index contributed by atoms with van der Waals surface area (Å²) < 4.78 is 0. The highest BCUT2D eigenvalue weighted by Crippen LogP contribution is 2.28. The number of fused-ring (bicyclic) bond motifs is 1. The smallest absolute Gasteiger partial charge is 0.230 e. The van der Waals surface area contributed by atoms with Gasteiger partial charge in [0.15, 0.2) is 0 Å². The Kier molecular flexibility index (Phi) is 7.04. The van der Waals surface area contributed by atoms with Gasteiger partial charge in [0.1, 0.15) is 0 Å². The van der Waals surface area contributed by atoms with E-state index >= 15 is 0 Å². The molecule has 1 amide bonds. The van der Waals surface area contributed by atoms with Crippen LogP contribution in [0.25, 0.3) is 10.8 Å². The van der Waals surface area contributed by atoms with Gasteiger partial charge in [-0.25, -0.2) is 0 Å². The molecule has 0 aromatic heterocycles. The van der Waals surface area contributed by atoms with Gasteiger partial charge in [-0.2, -0.15) is 0 Å². The van der Waals surface area contributed by atoms with Crippen LogP contribution in [-0.2, 0) is 11.3 Å². The molecule has 0 bridgehead atoms. The van der Waals surface area contributed by atoms with Crippen LogP contribution in [0.4, 0.5) is 0 Å². The van der Waals surface area contributed by atoms with Crippen molar-refractivity contribution >= 4 is 29.1 Å². The molecule has 3 nitrogen and oxygen atoms in total. The topological polar surface area (TPSA) is 46.3 Å². The molecule has 4 heteroatoms. The van der Waals surface area contributed by atoms with Gasteiger partial charge in [-0.15, -0.1) is 12.4 Å². The van der Waals surface area contributed by atoms with Gasteiger partial charge < -0.3 is 10.6 Å². The molecule has 0 aliphatic rings. The van der Waals surface area contributed by atoms with E-state index in [0.717, 1.165) is 18.4 Å². The molecular weight excluding hydrogens is 308 g/mol. The van der Waals surface area contributed by atoms with E-state index in [1.54, 1.807) is 0 Å². The quantitative estimate of drug-likeness (QED) is 0.868. The second-order valence-corrected chi connectivity index (χ2v) is 6.03. The van der Waals surface area contributed by atoms with Gasteiger partial charge in [0.25, 0.3) is 0 Å². The van der Waals surface area contributed by atoms with Crippen LogP contribution >= 0.6 is 12.4 Å². The zero-order chi connectivity index (χ0) is 16.2. The third-order valence-electron chi connectivity index (χ3n) is 4.78. The average Bonchev–Trinajstić information content (AvgIpc) is 2.56. The Balaban J connectivity index is 0.00000264. The van der Waals surface area contributed by atoms with Crippen LogP contribution in [0.15, 0.2) is 42.5 Å². The molecule has 0 aliphatic heterocycles. The molecule has 126 valence electrons. The molecule has 2 rings (SSSR count). The standard InChI is InChI=1S/C19H26N2O.ClH/c1-4-19(5-2,14-20)18(22)21(3)13-15-10-11-16-8-6-7-9-17(16)12-15;/h6-12H,4-5,13-14,20H2,1-3H3;1H. The van der Waals surface area contributed by atoms with Crippen molar-refractivity contribution in [3.8, 4) is 0 Å². The lowest BCUT2D eigenvalue weighted by Crippen LogP contribution is -2.45. The Morgan fingerprint density at radius 3 is 2.26 bits per heavy atom. The number of amides is 1. The van der Waals surface area contributed by atoms with E-state index in [0.29, 0.717) is 13.1 Å². The summed E-state index contributed by atoms with van der Waals surface area (Å²) in [7, 11) is 1.87. The first kappa shape index (κ1) is 19.5. The van der Waals surface area contributed by atoms with Crippen molar-refractivity contribution in [2.45, 2.75) is 33.2 Å². The summed E-state index contributed by atoms with van der Waals surface area (Å²) in [5.41, 5.74) is 6.61. The van der Waals surface area contributed by atoms with E-state index in [4.69, 9.17) is 5.73 Å². The summed E-state index contributed by atoms with van der Waals surface area (Å²) in [6.07, 6.45) is 1.56. The summed E-state index contributed by atoms with van der Waals surface area (Å²) in [4.78, 5) is 14.6. The SMILES string of the molecule is CCC(CC)(CN)C(=O)N(C)Cc1ccc2ccccc2c1.Cl. The highest BCUT2D eigenvalue weighted by Gasteiger charge is 2.35. The van der Waals surface area contributed by atoms with Gasteiger partial charge in [0.05, 0.1) is 5.41 Å². The predicted octanol–water partition coefficient (Wildman–Crippen LogP) is 3.99. The van der Waals surface area contributed by atoms with Crippen molar-refractivity contribution in [2.24, 2.45) is 11.1 Å². The molecule has 2 N–H and O–H groups in total. The maximum atomic E-state index is 12.8. The highest BCUT2D eigenvalue weighted by molar-refractivity contribution is 5.85. The number of nitrogens with two attached hydrogens (primary N) is 1. The molecule has 0 atom stereocenters. The lowest BCUT2D eigenvalue weighted by Gasteiger charge is -2.33. The largest absolute Gasteiger partial charge is 0.341 e. The van der Waals surface area contributed by atoms with Gasteiger partial charge in [-0.3, -0.25) is 4.79 Å². The van der Waals surface area contributed by atoms with Crippen molar-refractivity contribution in [1.82, 2.24) is 4.90 Å². The molecule has 0 saturated carbocycles. The lowest BCUT2D eigenvalue weighted by atomic mass is 9.81. The van der Waals surface area contributed by atoms with Crippen LogP contribution in [0.3, 0.4) is 0 Å². The number of rotatable bonds is 6. The molecule has 0 unspecified atom stereocenters. The van der Waals surface area contributed by atoms with Crippen LogP contribution in [-0.4, -0.2) is 24.4 Å². The Hall–Kier alpha value is -1.58. The van der Waals surface area contributed by atoms with Crippen LogP contribution < -0.4 is 5.73 Å². The van der Waals surface area contributed by atoms with Crippen LogP contribution in [0.1, 0.15) is 32.3 Å². The zero-order valence-corrected chi connectivity index (χ0v) is 15.0. The Labute approximate surface area is 145 Å². The normalized spacial score (nSPS) is 11.1. The van der Waals surface area contributed by atoms with Crippen LogP contribution in [0.2, 0.25) is 0 Å². The number of benzene rings is 2. The molecule has 2 aromatic carbocycles. The summed E-state index contributed by atoms with van der Waals surface area (Å²) in [6.45, 7) is 5.10. The maximum Gasteiger partial charge on any atom is 0.230 e. The average molecular weight is 335 g/mol. The Morgan fingerprint density at radius 2 is 1.70 bits per heavy atom. The first-order valence-corrected chi connectivity index (χ1v) is 7.99. The van der Waals surface area contributed by atoms with Crippen LogP contribution in [0, 0.1) is 5.41 Å². The first-order valence-electron chi connectivity index (χ1n) is 7.99. The zero-order valence-electron chi connectivity index (χ0n) is 14.2. The van der Waals surface area contributed by atoms with Crippen molar-refractivity contribution < 1.29 is 4.79 Å². The van der Waals surface area contributed by atoms with Gasteiger partial charge >= 0.3 is 0 Å². The minimum atomic E-state index is -0.425. The minimum absolute atomic E-state index is 0. The predicted molar refractivity (Wildman–Crippen MR) is 99.7 cm³/mol. The maximum absolute atomic E-state index is 12.8. The van der Waals surface area contributed by atoms with E-state index in [1.165, 1.54) is 10.8 Å². The molecule has 0 aliphatic carbocycles. The lowest BCUT2D eigenvalue weighted by molar-refractivity contribution is -0.141. The third-order valence-corrected chi connectivity index (χ3v) is 4.78. The van der Waals surface area contributed by atoms with Crippen molar-refractivity contribution in [2.75, 3.05) is 13.6 Å². The third kappa shape index (κ3) is 4.04. The van der Waals surface area contributed by atoms with E-state index in [9.17, 15) is 4.79 Å². The number of hydrogen-bond donors (Lipinski definition) is 1. The van der Waals surface area contributed by atoms with Gasteiger partial charge in [0, 0.05) is 20.1 Å².